The van der Waals surface area contributed by atoms with Crippen molar-refractivity contribution in [3.8, 4) is 5.75 Å². The van der Waals surface area contributed by atoms with Crippen LogP contribution in [-0.2, 0) is 19.6 Å². The van der Waals surface area contributed by atoms with Crippen molar-refractivity contribution in [2.75, 3.05) is 44.5 Å². The molecule has 0 spiro atoms. The Kier molecular flexibility index (Phi) is 8.56. The van der Waals surface area contributed by atoms with Crippen molar-refractivity contribution in [3.63, 3.8) is 0 Å². The van der Waals surface area contributed by atoms with Crippen molar-refractivity contribution in [3.05, 3.63) is 24.3 Å². The molecule has 24 heavy (non-hydrogen) atoms. The van der Waals surface area contributed by atoms with Gasteiger partial charge in [0.25, 0.3) is 0 Å². The van der Waals surface area contributed by atoms with Crippen LogP contribution in [0.25, 0.3) is 0 Å². The van der Waals surface area contributed by atoms with Gasteiger partial charge in [0.2, 0.25) is 15.9 Å². The lowest BCUT2D eigenvalue weighted by Crippen LogP contribution is -2.32. The molecule has 8 heteroatoms. The van der Waals surface area contributed by atoms with E-state index >= 15 is 0 Å². The molecule has 0 radical (unpaired) electrons. The third-order valence-electron chi connectivity index (χ3n) is 3.37. The molecule has 0 saturated carbocycles. The Hall–Kier alpha value is -1.80. The van der Waals surface area contributed by atoms with Crippen molar-refractivity contribution in [1.82, 2.24) is 5.32 Å². The fraction of sp³-hybridized carbons (Fsp3) is 0.562. The van der Waals surface area contributed by atoms with Gasteiger partial charge in [0.15, 0.2) is 0 Å². The van der Waals surface area contributed by atoms with E-state index in [1.165, 1.54) is 11.4 Å². The predicted molar refractivity (Wildman–Crippen MR) is 93.9 cm³/mol. The molecule has 0 aliphatic carbocycles. The molecule has 7 nitrogen and oxygen atoms in total. The van der Waals surface area contributed by atoms with Crippen molar-refractivity contribution < 1.29 is 22.7 Å². The van der Waals surface area contributed by atoms with Crippen LogP contribution in [0.4, 0.5) is 5.69 Å². The van der Waals surface area contributed by atoms with Gasteiger partial charge in [-0.25, -0.2) is 8.42 Å². The van der Waals surface area contributed by atoms with Crippen molar-refractivity contribution >= 4 is 21.6 Å². The molecule has 0 unspecified atom stereocenters. The van der Waals surface area contributed by atoms with Crippen molar-refractivity contribution in [1.29, 1.82) is 0 Å². The molecule has 136 valence electrons. The minimum Gasteiger partial charge on any atom is -0.495 e. The molecule has 1 aromatic carbocycles. The summed E-state index contributed by atoms with van der Waals surface area (Å²) in [6.07, 6.45) is 2.57. The maximum atomic E-state index is 12.1. The molecule has 0 saturated heterocycles. The number of nitrogens with zero attached hydrogens (tertiary/aromatic N) is 1. The van der Waals surface area contributed by atoms with Crippen LogP contribution >= 0.6 is 0 Å². The van der Waals surface area contributed by atoms with Crippen LogP contribution < -0.4 is 14.4 Å². The Morgan fingerprint density at radius 1 is 1.21 bits per heavy atom. The molecule has 1 N–H and O–H groups in total. The minimum absolute atomic E-state index is 0.0976. The summed E-state index contributed by atoms with van der Waals surface area (Å²) >= 11 is 0. The van der Waals surface area contributed by atoms with Crippen LogP contribution in [0, 0.1) is 0 Å². The Labute approximate surface area is 144 Å². The maximum absolute atomic E-state index is 12.1. The summed E-state index contributed by atoms with van der Waals surface area (Å²) < 4.78 is 35.6. The fourth-order valence-electron chi connectivity index (χ4n) is 2.22. The fourth-order valence-corrected chi connectivity index (χ4v) is 3.19. The normalized spacial score (nSPS) is 11.1. The van der Waals surface area contributed by atoms with Gasteiger partial charge in [0.05, 0.1) is 19.1 Å². The second-order valence-corrected chi connectivity index (χ2v) is 7.21. The van der Waals surface area contributed by atoms with E-state index in [-0.39, 0.29) is 18.9 Å². The lowest BCUT2D eigenvalue weighted by Gasteiger charge is -2.24. The number of ether oxygens (including phenoxy) is 2. The minimum atomic E-state index is -3.47. The third kappa shape index (κ3) is 6.76. The molecule has 1 aromatic rings. The van der Waals surface area contributed by atoms with E-state index in [2.05, 4.69) is 5.32 Å². The summed E-state index contributed by atoms with van der Waals surface area (Å²) in [4.78, 5) is 11.8. The van der Waals surface area contributed by atoms with Gasteiger partial charge in [-0.05, 0) is 25.0 Å². The van der Waals surface area contributed by atoms with Gasteiger partial charge < -0.3 is 14.8 Å². The topological polar surface area (TPSA) is 84.9 Å². The van der Waals surface area contributed by atoms with E-state index in [4.69, 9.17) is 9.47 Å². The van der Waals surface area contributed by atoms with Crippen LogP contribution in [-0.4, -0.2) is 54.5 Å². The highest BCUT2D eigenvalue weighted by Crippen LogP contribution is 2.29. The highest BCUT2D eigenvalue weighted by atomic mass is 32.2. The van der Waals surface area contributed by atoms with E-state index in [1.54, 1.807) is 31.4 Å². The zero-order valence-corrected chi connectivity index (χ0v) is 15.3. The second kappa shape index (κ2) is 10.1. The molecular weight excluding hydrogens is 332 g/mol. The molecule has 0 fully saturated rings. The first-order valence-electron chi connectivity index (χ1n) is 7.76. The molecule has 1 amide bonds. The number of hydrogen-bond donors (Lipinski definition) is 1. The van der Waals surface area contributed by atoms with Gasteiger partial charge in [-0.15, -0.1) is 0 Å². The number of methoxy groups -OCH3 is 2. The molecule has 0 aromatic heterocycles. The number of nitrogens with one attached hydrogen (secondary N) is 1. The number of benzene rings is 1. The van der Waals surface area contributed by atoms with E-state index in [0.29, 0.717) is 31.0 Å². The first kappa shape index (κ1) is 20.2. The molecular formula is C16H26N2O5S. The smallest absolute Gasteiger partial charge is 0.232 e. The highest BCUT2D eigenvalue weighted by molar-refractivity contribution is 7.92. The number of carbonyl (C=O) groups excluding carboxylic acids is 1. The molecule has 0 aliphatic rings. The van der Waals surface area contributed by atoms with Crippen molar-refractivity contribution in [2.24, 2.45) is 0 Å². The standard InChI is InChI=1S/C16H26N2O5S/c1-22-13-7-11-17-16(19)10-6-12-18(24(3,20)21)14-8-4-5-9-15(14)23-2/h4-5,8-9H,6-7,10-13H2,1-3H3,(H,17,19). The lowest BCUT2D eigenvalue weighted by atomic mass is 10.2. The van der Waals surface area contributed by atoms with E-state index < -0.39 is 10.0 Å². The Morgan fingerprint density at radius 2 is 1.92 bits per heavy atom. The Bertz CT molecular complexity index is 619. The zero-order valence-electron chi connectivity index (χ0n) is 14.4. The Morgan fingerprint density at radius 3 is 2.54 bits per heavy atom. The first-order valence-corrected chi connectivity index (χ1v) is 9.61. The monoisotopic (exact) mass is 358 g/mol. The van der Waals surface area contributed by atoms with Gasteiger partial charge in [-0.2, -0.15) is 0 Å². The summed E-state index contributed by atoms with van der Waals surface area (Å²) in [6.45, 7) is 1.36. The second-order valence-electron chi connectivity index (χ2n) is 5.31. The molecule has 0 bridgehead atoms. The zero-order chi connectivity index (χ0) is 18.0. The average Bonchev–Trinajstić information content (AvgIpc) is 2.54. The molecule has 0 atom stereocenters. The molecule has 0 aliphatic heterocycles. The van der Waals surface area contributed by atoms with Crippen LogP contribution in [0.15, 0.2) is 24.3 Å². The molecule has 1 rings (SSSR count). The first-order chi connectivity index (χ1) is 11.4. The van der Waals surface area contributed by atoms with Gasteiger partial charge in [0.1, 0.15) is 5.75 Å². The lowest BCUT2D eigenvalue weighted by molar-refractivity contribution is -0.121. The van der Waals surface area contributed by atoms with E-state index in [0.717, 1.165) is 12.7 Å². The number of sulfonamides is 1. The van der Waals surface area contributed by atoms with Gasteiger partial charge in [0, 0.05) is 33.2 Å². The van der Waals surface area contributed by atoms with Crippen LogP contribution in [0.3, 0.4) is 0 Å². The number of para-hydroxylation sites is 2. The summed E-state index contributed by atoms with van der Waals surface area (Å²) in [6, 6.07) is 6.91. The summed E-state index contributed by atoms with van der Waals surface area (Å²) in [5, 5.41) is 2.78. The van der Waals surface area contributed by atoms with Gasteiger partial charge >= 0.3 is 0 Å². The molecule has 0 heterocycles. The van der Waals surface area contributed by atoms with Gasteiger partial charge in [-0.1, -0.05) is 12.1 Å². The number of hydrogen-bond acceptors (Lipinski definition) is 5. The van der Waals surface area contributed by atoms with Crippen LogP contribution in [0.2, 0.25) is 0 Å². The maximum Gasteiger partial charge on any atom is 0.232 e. The number of rotatable bonds is 11. The van der Waals surface area contributed by atoms with E-state index in [9.17, 15) is 13.2 Å². The SMILES string of the molecule is COCCCNC(=O)CCCN(c1ccccc1OC)S(C)(=O)=O. The van der Waals surface area contributed by atoms with Crippen molar-refractivity contribution in [2.45, 2.75) is 19.3 Å². The Balaban J connectivity index is 2.61. The number of carbonyl (C=O) groups is 1. The van der Waals surface area contributed by atoms with Crippen LogP contribution in [0.5, 0.6) is 5.75 Å². The third-order valence-corrected chi connectivity index (χ3v) is 4.55. The summed E-state index contributed by atoms with van der Waals surface area (Å²) in [5.74, 6) is 0.381. The average molecular weight is 358 g/mol. The quantitative estimate of drug-likeness (QED) is 0.604. The highest BCUT2D eigenvalue weighted by Gasteiger charge is 2.20. The van der Waals surface area contributed by atoms with Crippen LogP contribution in [0.1, 0.15) is 19.3 Å². The van der Waals surface area contributed by atoms with Gasteiger partial charge in [-0.3, -0.25) is 9.10 Å². The largest absolute Gasteiger partial charge is 0.495 e. The predicted octanol–water partition coefficient (Wildman–Crippen LogP) is 1.39. The summed E-state index contributed by atoms with van der Waals surface area (Å²) in [5.41, 5.74) is 0.475. The summed E-state index contributed by atoms with van der Waals surface area (Å²) in [7, 11) is -0.364. The number of amides is 1. The van der Waals surface area contributed by atoms with E-state index in [1.807, 2.05) is 0 Å². The number of anilines is 1.